The van der Waals surface area contributed by atoms with Crippen LogP contribution < -0.4 is 4.90 Å². The second kappa shape index (κ2) is 4.05. The average Bonchev–Trinajstić information content (AvgIpc) is 2.86. The van der Waals surface area contributed by atoms with Gasteiger partial charge in [-0.25, -0.2) is 4.98 Å². The molecule has 0 aromatic carbocycles. The van der Waals surface area contributed by atoms with E-state index in [1.807, 2.05) is 12.1 Å². The van der Waals surface area contributed by atoms with E-state index < -0.39 is 0 Å². The minimum atomic E-state index is 0.814. The van der Waals surface area contributed by atoms with Gasteiger partial charge in [-0.3, -0.25) is 0 Å². The van der Waals surface area contributed by atoms with Gasteiger partial charge in [0.05, 0.1) is 0 Å². The maximum absolute atomic E-state index is 5.33. The van der Waals surface area contributed by atoms with Gasteiger partial charge in [0.2, 0.25) is 0 Å². The predicted octanol–water partition coefficient (Wildman–Crippen LogP) is 1.06. The van der Waals surface area contributed by atoms with Gasteiger partial charge >= 0.3 is 0 Å². The van der Waals surface area contributed by atoms with Crippen molar-refractivity contribution in [2.45, 2.75) is 0 Å². The summed E-state index contributed by atoms with van der Waals surface area (Å²) >= 11 is 0. The van der Waals surface area contributed by atoms with Gasteiger partial charge in [-0.05, 0) is 31.0 Å². The highest BCUT2D eigenvalue weighted by atomic mass is 15.3. The lowest BCUT2D eigenvalue weighted by atomic mass is 10.0. The predicted molar refractivity (Wildman–Crippen MR) is 68.9 cm³/mol. The highest BCUT2D eigenvalue weighted by molar-refractivity contribution is 5.44. The molecule has 1 aromatic rings. The number of aromatic nitrogens is 1. The second-order valence-corrected chi connectivity index (χ2v) is 5.20. The summed E-state index contributed by atoms with van der Waals surface area (Å²) in [6.07, 6.45) is 7.12. The minimum Gasteiger partial charge on any atom is -0.356 e. The third kappa shape index (κ3) is 1.89. The normalized spacial score (nSPS) is 28.1. The molecule has 2 fully saturated rings. The molecule has 0 bridgehead atoms. The molecule has 2 saturated heterocycles. The first-order valence-corrected chi connectivity index (χ1v) is 6.12. The Labute approximate surface area is 102 Å². The van der Waals surface area contributed by atoms with Crippen molar-refractivity contribution in [2.75, 3.05) is 38.1 Å². The molecule has 1 aromatic heterocycles. The zero-order valence-electron chi connectivity index (χ0n) is 10.1. The zero-order chi connectivity index (χ0) is 11.8. The van der Waals surface area contributed by atoms with E-state index in [2.05, 4.69) is 27.8 Å². The molecule has 2 aliphatic rings. The standard InChI is InChI=1S/C14H17N3/c1-3-11-4-5-14(15-6-11)17-9-12-7-16(2)8-13(12)10-17/h1,4-6,12-13H,7-10H2,2H3/t12-,13?/m0/s1. The van der Waals surface area contributed by atoms with Gasteiger partial charge in [0.15, 0.2) is 0 Å². The monoisotopic (exact) mass is 227 g/mol. The fraction of sp³-hybridized carbons (Fsp3) is 0.500. The number of anilines is 1. The van der Waals surface area contributed by atoms with E-state index in [4.69, 9.17) is 6.42 Å². The molecule has 88 valence electrons. The number of hydrogen-bond donors (Lipinski definition) is 0. The first kappa shape index (κ1) is 10.6. The molecular formula is C14H17N3. The van der Waals surface area contributed by atoms with Crippen LogP contribution in [0.5, 0.6) is 0 Å². The molecule has 2 aliphatic heterocycles. The summed E-state index contributed by atoms with van der Waals surface area (Å²) in [5.74, 6) is 5.30. The van der Waals surface area contributed by atoms with Crippen molar-refractivity contribution in [3.63, 3.8) is 0 Å². The zero-order valence-corrected chi connectivity index (χ0v) is 10.1. The van der Waals surface area contributed by atoms with Crippen LogP contribution in [0.25, 0.3) is 0 Å². The van der Waals surface area contributed by atoms with Crippen molar-refractivity contribution in [3.05, 3.63) is 23.9 Å². The summed E-state index contributed by atoms with van der Waals surface area (Å²) in [7, 11) is 2.21. The quantitative estimate of drug-likeness (QED) is 0.669. The van der Waals surface area contributed by atoms with Gasteiger partial charge in [-0.15, -0.1) is 6.42 Å². The molecule has 17 heavy (non-hydrogen) atoms. The first-order chi connectivity index (χ1) is 8.26. The third-order valence-electron chi connectivity index (χ3n) is 3.91. The maximum atomic E-state index is 5.33. The number of likely N-dealkylation sites (tertiary alicyclic amines) is 1. The van der Waals surface area contributed by atoms with Crippen molar-refractivity contribution < 1.29 is 0 Å². The number of rotatable bonds is 1. The van der Waals surface area contributed by atoms with Gasteiger partial charge in [-0.1, -0.05) is 5.92 Å². The van der Waals surface area contributed by atoms with Gasteiger partial charge in [0.1, 0.15) is 5.82 Å². The average molecular weight is 227 g/mol. The number of hydrogen-bond acceptors (Lipinski definition) is 3. The molecule has 0 radical (unpaired) electrons. The molecule has 0 spiro atoms. The second-order valence-electron chi connectivity index (χ2n) is 5.20. The van der Waals surface area contributed by atoms with E-state index >= 15 is 0 Å². The Balaban J connectivity index is 1.73. The summed E-state index contributed by atoms with van der Waals surface area (Å²) in [6, 6.07) is 4.02. The third-order valence-corrected chi connectivity index (χ3v) is 3.91. The number of terminal acetylenes is 1. The van der Waals surface area contributed by atoms with Gasteiger partial charge in [0, 0.05) is 37.9 Å². The fourth-order valence-electron chi connectivity index (χ4n) is 3.07. The maximum Gasteiger partial charge on any atom is 0.128 e. The fourth-order valence-corrected chi connectivity index (χ4v) is 3.07. The topological polar surface area (TPSA) is 19.4 Å². The Morgan fingerprint density at radius 3 is 2.47 bits per heavy atom. The van der Waals surface area contributed by atoms with Crippen LogP contribution in [-0.4, -0.2) is 43.1 Å². The van der Waals surface area contributed by atoms with E-state index in [0.717, 1.165) is 36.3 Å². The van der Waals surface area contributed by atoms with Crippen LogP contribution in [0.15, 0.2) is 18.3 Å². The van der Waals surface area contributed by atoms with Crippen LogP contribution >= 0.6 is 0 Å². The van der Waals surface area contributed by atoms with Crippen molar-refractivity contribution in [2.24, 2.45) is 11.8 Å². The number of pyridine rings is 1. The molecule has 3 nitrogen and oxygen atoms in total. The van der Waals surface area contributed by atoms with Crippen LogP contribution in [0.2, 0.25) is 0 Å². The van der Waals surface area contributed by atoms with Crippen LogP contribution in [0.4, 0.5) is 5.82 Å². The van der Waals surface area contributed by atoms with Crippen molar-refractivity contribution in [1.82, 2.24) is 9.88 Å². The van der Waals surface area contributed by atoms with E-state index in [1.54, 1.807) is 6.20 Å². The molecule has 2 atom stereocenters. The van der Waals surface area contributed by atoms with Crippen LogP contribution in [0, 0.1) is 24.2 Å². The van der Waals surface area contributed by atoms with Crippen molar-refractivity contribution in [1.29, 1.82) is 0 Å². The van der Waals surface area contributed by atoms with Crippen LogP contribution in [0.1, 0.15) is 5.56 Å². The Bertz CT molecular complexity index is 432. The number of fused-ring (bicyclic) bond motifs is 1. The molecule has 0 amide bonds. The Morgan fingerprint density at radius 1 is 1.24 bits per heavy atom. The van der Waals surface area contributed by atoms with Gasteiger partial charge < -0.3 is 9.80 Å². The van der Waals surface area contributed by atoms with Gasteiger partial charge in [-0.2, -0.15) is 0 Å². The van der Waals surface area contributed by atoms with Gasteiger partial charge in [0.25, 0.3) is 0 Å². The van der Waals surface area contributed by atoms with E-state index in [-0.39, 0.29) is 0 Å². The summed E-state index contributed by atoms with van der Waals surface area (Å²) in [4.78, 5) is 9.27. The highest BCUT2D eigenvalue weighted by Crippen LogP contribution is 2.32. The first-order valence-electron chi connectivity index (χ1n) is 6.12. The highest BCUT2D eigenvalue weighted by Gasteiger charge is 2.38. The summed E-state index contributed by atoms with van der Waals surface area (Å²) in [6.45, 7) is 4.72. The SMILES string of the molecule is C#Cc1ccc(N2CC3CN(C)C[C@H]3C2)nc1. The smallest absolute Gasteiger partial charge is 0.128 e. The lowest BCUT2D eigenvalue weighted by Gasteiger charge is -2.20. The van der Waals surface area contributed by atoms with Crippen molar-refractivity contribution >= 4 is 5.82 Å². The van der Waals surface area contributed by atoms with E-state index in [9.17, 15) is 0 Å². The molecule has 0 aliphatic carbocycles. The summed E-state index contributed by atoms with van der Waals surface area (Å²) < 4.78 is 0. The lowest BCUT2D eigenvalue weighted by molar-refractivity contribution is 0.387. The largest absolute Gasteiger partial charge is 0.356 e. The van der Waals surface area contributed by atoms with Crippen molar-refractivity contribution in [3.8, 4) is 12.3 Å². The number of nitrogens with zero attached hydrogens (tertiary/aromatic N) is 3. The molecule has 0 N–H and O–H groups in total. The summed E-state index contributed by atoms with van der Waals surface area (Å²) in [5, 5.41) is 0. The summed E-state index contributed by atoms with van der Waals surface area (Å²) in [5.41, 5.74) is 0.855. The Morgan fingerprint density at radius 2 is 1.94 bits per heavy atom. The Hall–Kier alpha value is -1.53. The molecule has 3 heteroatoms. The minimum absolute atomic E-state index is 0.814. The Kier molecular flexibility index (Phi) is 2.53. The van der Waals surface area contributed by atoms with E-state index in [1.165, 1.54) is 13.1 Å². The molecule has 0 saturated carbocycles. The molecule has 3 rings (SSSR count). The van der Waals surface area contributed by atoms with Crippen LogP contribution in [0.3, 0.4) is 0 Å². The van der Waals surface area contributed by atoms with Crippen LogP contribution in [-0.2, 0) is 0 Å². The lowest BCUT2D eigenvalue weighted by Crippen LogP contribution is -2.27. The molecular weight excluding hydrogens is 210 g/mol. The molecule has 1 unspecified atom stereocenters. The van der Waals surface area contributed by atoms with E-state index in [0.29, 0.717) is 0 Å². The molecule has 3 heterocycles.